The molecule has 0 saturated heterocycles. The number of rotatable bonds is 8. The number of carbonyl (C=O) groups excluding carboxylic acids is 1. The number of hydrogen-bond acceptors (Lipinski definition) is 2. The van der Waals surface area contributed by atoms with Crippen LogP contribution in [0, 0.1) is 0 Å². The molecule has 1 unspecified atom stereocenters. The zero-order valence-electron chi connectivity index (χ0n) is 13.6. The Labute approximate surface area is 135 Å². The van der Waals surface area contributed by atoms with Gasteiger partial charge in [-0.2, -0.15) is 0 Å². The van der Waals surface area contributed by atoms with E-state index >= 15 is 0 Å². The maximum atomic E-state index is 12.4. The first-order valence-electron chi connectivity index (χ1n) is 8.15. The Bertz CT molecular complexity index is 633. The van der Waals surface area contributed by atoms with Gasteiger partial charge in [0.05, 0.1) is 12.6 Å². The molecule has 3 nitrogen and oxygen atoms in total. The monoisotopic (exact) mass is 319 g/mol. The molecular formula is C18H26NO2P. The smallest absolute Gasteiger partial charge is 0.231 e. The largest absolute Gasteiger partial charge is 0.497 e. The SMILES string of the molecule is CCCCCCCCC(=O)n1cc(P)c2cc(OC)ccc21. The van der Waals surface area contributed by atoms with Crippen LogP contribution in [0.15, 0.2) is 24.4 Å². The fourth-order valence-electron chi connectivity index (χ4n) is 2.74. The maximum Gasteiger partial charge on any atom is 0.231 e. The van der Waals surface area contributed by atoms with E-state index < -0.39 is 0 Å². The number of carbonyl (C=O) groups is 1. The van der Waals surface area contributed by atoms with Gasteiger partial charge in [0.15, 0.2) is 0 Å². The summed E-state index contributed by atoms with van der Waals surface area (Å²) in [5, 5.41) is 2.09. The van der Waals surface area contributed by atoms with Gasteiger partial charge in [-0.1, -0.05) is 39.0 Å². The van der Waals surface area contributed by atoms with Gasteiger partial charge >= 0.3 is 0 Å². The summed E-state index contributed by atoms with van der Waals surface area (Å²) in [5.74, 6) is 0.997. The van der Waals surface area contributed by atoms with Gasteiger partial charge in [-0.05, 0) is 29.9 Å². The summed E-state index contributed by atoms with van der Waals surface area (Å²) in [6.45, 7) is 2.22. The third kappa shape index (κ3) is 4.10. The van der Waals surface area contributed by atoms with Crippen LogP contribution in [-0.4, -0.2) is 17.6 Å². The van der Waals surface area contributed by atoms with E-state index in [1.165, 1.54) is 25.7 Å². The predicted molar refractivity (Wildman–Crippen MR) is 96.5 cm³/mol. The Balaban J connectivity index is 1.99. The molecule has 22 heavy (non-hydrogen) atoms. The van der Waals surface area contributed by atoms with Gasteiger partial charge in [-0.25, -0.2) is 0 Å². The van der Waals surface area contributed by atoms with Crippen molar-refractivity contribution in [1.29, 1.82) is 0 Å². The highest BCUT2D eigenvalue weighted by molar-refractivity contribution is 7.28. The molecule has 0 saturated carbocycles. The van der Waals surface area contributed by atoms with Gasteiger partial charge in [0.2, 0.25) is 5.91 Å². The molecule has 1 heterocycles. The van der Waals surface area contributed by atoms with Crippen LogP contribution in [0.4, 0.5) is 0 Å². The lowest BCUT2D eigenvalue weighted by Crippen LogP contribution is -2.09. The Morgan fingerprint density at radius 1 is 1.18 bits per heavy atom. The molecule has 0 aliphatic carbocycles. The van der Waals surface area contributed by atoms with Gasteiger partial charge in [-0.3, -0.25) is 9.36 Å². The van der Waals surface area contributed by atoms with Crippen molar-refractivity contribution in [3.63, 3.8) is 0 Å². The first-order chi connectivity index (χ1) is 10.7. The van der Waals surface area contributed by atoms with E-state index in [-0.39, 0.29) is 5.91 Å². The van der Waals surface area contributed by atoms with E-state index in [1.54, 1.807) is 11.7 Å². The van der Waals surface area contributed by atoms with E-state index in [9.17, 15) is 4.79 Å². The Kier molecular flexibility index (Phi) is 6.45. The lowest BCUT2D eigenvalue weighted by Gasteiger charge is -2.05. The van der Waals surface area contributed by atoms with Gasteiger partial charge in [0.1, 0.15) is 5.75 Å². The van der Waals surface area contributed by atoms with E-state index in [4.69, 9.17) is 4.74 Å². The van der Waals surface area contributed by atoms with Crippen LogP contribution in [0.5, 0.6) is 5.75 Å². The molecule has 120 valence electrons. The van der Waals surface area contributed by atoms with Crippen LogP contribution in [-0.2, 0) is 0 Å². The summed E-state index contributed by atoms with van der Waals surface area (Å²) in [5.41, 5.74) is 0.960. The maximum absolute atomic E-state index is 12.4. The van der Waals surface area contributed by atoms with Gasteiger partial charge < -0.3 is 4.74 Å². The zero-order chi connectivity index (χ0) is 15.9. The van der Waals surface area contributed by atoms with Crippen LogP contribution in [0.25, 0.3) is 10.9 Å². The average molecular weight is 319 g/mol. The number of methoxy groups -OCH3 is 1. The summed E-state index contributed by atoms with van der Waals surface area (Å²) in [6.07, 6.45) is 9.73. The molecule has 0 fully saturated rings. The topological polar surface area (TPSA) is 31.2 Å². The first kappa shape index (κ1) is 17.0. The minimum atomic E-state index is 0.180. The van der Waals surface area contributed by atoms with Crippen molar-refractivity contribution in [3.05, 3.63) is 24.4 Å². The van der Waals surface area contributed by atoms with Crippen molar-refractivity contribution in [2.45, 2.75) is 51.9 Å². The van der Waals surface area contributed by atoms with E-state index in [2.05, 4.69) is 16.2 Å². The van der Waals surface area contributed by atoms with Crippen molar-refractivity contribution >= 4 is 31.4 Å². The van der Waals surface area contributed by atoms with Crippen molar-refractivity contribution in [3.8, 4) is 5.75 Å². The Morgan fingerprint density at radius 3 is 2.64 bits per heavy atom. The molecule has 2 rings (SSSR count). The van der Waals surface area contributed by atoms with Crippen molar-refractivity contribution in [1.82, 2.24) is 4.57 Å². The fourth-order valence-corrected chi connectivity index (χ4v) is 3.13. The molecule has 0 spiro atoms. The molecule has 0 aliphatic rings. The summed E-state index contributed by atoms with van der Waals surface area (Å²) in [7, 11) is 4.36. The standard InChI is InChI=1S/C18H26NO2P/c1-3-4-5-6-7-8-9-18(20)19-13-17(22)15-12-14(21-2)10-11-16(15)19/h10-13H,3-9,22H2,1-2H3. The zero-order valence-corrected chi connectivity index (χ0v) is 14.8. The fraction of sp³-hybridized carbons (Fsp3) is 0.500. The van der Waals surface area contributed by atoms with Crippen LogP contribution in [0.3, 0.4) is 0 Å². The highest BCUT2D eigenvalue weighted by atomic mass is 31.0. The molecule has 0 bridgehead atoms. The van der Waals surface area contributed by atoms with E-state index in [0.29, 0.717) is 6.42 Å². The molecule has 0 N–H and O–H groups in total. The minimum Gasteiger partial charge on any atom is -0.497 e. The second kappa shape index (κ2) is 8.33. The molecule has 1 aromatic heterocycles. The van der Waals surface area contributed by atoms with Crippen molar-refractivity contribution in [2.75, 3.05) is 7.11 Å². The van der Waals surface area contributed by atoms with Crippen LogP contribution in [0.2, 0.25) is 0 Å². The number of benzene rings is 1. The summed E-state index contributed by atoms with van der Waals surface area (Å²) in [4.78, 5) is 12.4. The highest BCUT2D eigenvalue weighted by Gasteiger charge is 2.12. The number of nitrogens with zero attached hydrogens (tertiary/aromatic N) is 1. The van der Waals surface area contributed by atoms with Crippen LogP contribution in [0.1, 0.15) is 56.7 Å². The number of aromatic nitrogens is 1. The molecule has 2 aromatic rings. The van der Waals surface area contributed by atoms with E-state index in [0.717, 1.165) is 34.8 Å². The van der Waals surface area contributed by atoms with Crippen molar-refractivity contribution in [2.24, 2.45) is 0 Å². The molecule has 0 radical (unpaired) electrons. The lowest BCUT2D eigenvalue weighted by atomic mass is 10.1. The molecule has 1 aromatic carbocycles. The number of fused-ring (bicyclic) bond motifs is 1. The average Bonchev–Trinajstić information content (AvgIpc) is 2.87. The highest BCUT2D eigenvalue weighted by Crippen LogP contribution is 2.22. The Hall–Kier alpha value is -1.34. The van der Waals surface area contributed by atoms with Gasteiger partial charge in [0, 0.05) is 18.0 Å². The predicted octanol–water partition coefficient (Wildman–Crippen LogP) is 4.54. The lowest BCUT2D eigenvalue weighted by molar-refractivity contribution is 0.0904. The van der Waals surface area contributed by atoms with Gasteiger partial charge in [-0.15, -0.1) is 9.24 Å². The number of ether oxygens (including phenoxy) is 1. The summed E-state index contributed by atoms with van der Waals surface area (Å²) < 4.78 is 7.04. The first-order valence-corrected chi connectivity index (χ1v) is 8.73. The molecular weight excluding hydrogens is 293 g/mol. The number of unbranched alkanes of at least 4 members (excludes halogenated alkanes) is 5. The molecule has 0 amide bonds. The molecule has 1 atom stereocenters. The van der Waals surface area contributed by atoms with Gasteiger partial charge in [0.25, 0.3) is 0 Å². The van der Waals surface area contributed by atoms with Crippen LogP contribution < -0.4 is 10.0 Å². The second-order valence-corrected chi connectivity index (χ2v) is 6.37. The summed E-state index contributed by atoms with van der Waals surface area (Å²) in [6, 6.07) is 5.84. The van der Waals surface area contributed by atoms with Crippen molar-refractivity contribution < 1.29 is 9.53 Å². The second-order valence-electron chi connectivity index (χ2n) is 5.75. The summed E-state index contributed by atoms with van der Waals surface area (Å²) >= 11 is 0. The van der Waals surface area contributed by atoms with Crippen LogP contribution >= 0.6 is 9.24 Å². The third-order valence-corrected chi connectivity index (χ3v) is 4.52. The van der Waals surface area contributed by atoms with E-state index in [1.807, 2.05) is 24.4 Å². The quantitative estimate of drug-likeness (QED) is 0.528. The normalized spacial score (nSPS) is 11.0. The Morgan fingerprint density at radius 2 is 1.91 bits per heavy atom. The third-order valence-electron chi connectivity index (χ3n) is 4.06. The molecule has 4 heteroatoms. The minimum absolute atomic E-state index is 0.180. The molecule has 0 aliphatic heterocycles. The number of hydrogen-bond donors (Lipinski definition) is 0.